The van der Waals surface area contributed by atoms with Gasteiger partial charge in [0.2, 0.25) is 0 Å². The Kier molecular flexibility index (Phi) is 2.78. The van der Waals surface area contributed by atoms with Gasteiger partial charge in [0.05, 0.1) is 0 Å². The monoisotopic (exact) mass is 148 g/mol. The zero-order valence-electron chi connectivity index (χ0n) is 6.91. The van der Waals surface area contributed by atoms with Crippen LogP contribution in [0.1, 0.15) is 19.4 Å². The van der Waals surface area contributed by atoms with E-state index in [1.807, 2.05) is 13.0 Å². The molecule has 0 saturated carbocycles. The van der Waals surface area contributed by atoms with E-state index >= 15 is 0 Å². The molecule has 0 saturated heterocycles. The predicted octanol–water partition coefficient (Wildman–Crippen LogP) is 2.37. The first-order chi connectivity index (χ1) is 5.38. The minimum Gasteiger partial charge on any atom is -0.242 e. The van der Waals surface area contributed by atoms with Crippen molar-refractivity contribution in [3.63, 3.8) is 0 Å². The summed E-state index contributed by atoms with van der Waals surface area (Å²) in [5.74, 6) is 0.845. The Bertz CT molecular complexity index is 253. The van der Waals surface area contributed by atoms with E-state index in [1.54, 1.807) is 12.4 Å². The fraction of sp³-hybridized carbons (Fsp3) is 0.333. The number of aliphatic imine (C=N–C) groups is 1. The minimum absolute atomic E-state index is 0.845. The molecule has 0 aliphatic carbocycles. The predicted molar refractivity (Wildman–Crippen MR) is 47.4 cm³/mol. The van der Waals surface area contributed by atoms with Crippen LogP contribution in [-0.4, -0.2) is 11.2 Å². The molecule has 0 unspecified atom stereocenters. The molecule has 0 atom stereocenters. The van der Waals surface area contributed by atoms with Gasteiger partial charge in [0.1, 0.15) is 0 Å². The van der Waals surface area contributed by atoms with Crippen molar-refractivity contribution in [3.05, 3.63) is 23.9 Å². The Labute approximate surface area is 67.0 Å². The lowest BCUT2D eigenvalue weighted by molar-refractivity contribution is 1.09. The van der Waals surface area contributed by atoms with Gasteiger partial charge in [-0.05, 0) is 25.0 Å². The zero-order chi connectivity index (χ0) is 8.10. The van der Waals surface area contributed by atoms with E-state index in [4.69, 9.17) is 0 Å². The summed E-state index contributed by atoms with van der Waals surface area (Å²) in [6.07, 6.45) is 4.52. The molecule has 0 bridgehead atoms. The quantitative estimate of drug-likeness (QED) is 0.591. The molecule has 1 rings (SSSR count). The van der Waals surface area contributed by atoms with E-state index in [2.05, 4.69) is 23.0 Å². The van der Waals surface area contributed by atoms with Crippen molar-refractivity contribution in [3.8, 4) is 0 Å². The second-order valence-electron chi connectivity index (χ2n) is 2.23. The molecule has 1 aromatic rings. The molecule has 0 N–H and O–H groups in total. The van der Waals surface area contributed by atoms with Crippen LogP contribution < -0.4 is 0 Å². The molecule has 0 fully saturated rings. The number of hydrogen-bond acceptors (Lipinski definition) is 2. The van der Waals surface area contributed by atoms with Gasteiger partial charge in [-0.3, -0.25) is 0 Å². The molecule has 1 aromatic heterocycles. The highest BCUT2D eigenvalue weighted by atomic mass is 14.9. The number of pyridine rings is 1. The van der Waals surface area contributed by atoms with Crippen molar-refractivity contribution in [1.29, 1.82) is 0 Å². The Morgan fingerprint density at radius 3 is 3.09 bits per heavy atom. The van der Waals surface area contributed by atoms with Crippen LogP contribution in [-0.2, 0) is 6.42 Å². The Hall–Kier alpha value is -1.18. The van der Waals surface area contributed by atoms with Crippen LogP contribution in [0.3, 0.4) is 0 Å². The van der Waals surface area contributed by atoms with Gasteiger partial charge in [-0.2, -0.15) is 0 Å². The van der Waals surface area contributed by atoms with Gasteiger partial charge in [-0.1, -0.05) is 13.0 Å². The third kappa shape index (κ3) is 1.87. The molecule has 2 heteroatoms. The summed E-state index contributed by atoms with van der Waals surface area (Å²) < 4.78 is 0. The molecule has 0 spiro atoms. The van der Waals surface area contributed by atoms with Crippen molar-refractivity contribution in [2.24, 2.45) is 4.99 Å². The van der Waals surface area contributed by atoms with Crippen LogP contribution in [0.5, 0.6) is 0 Å². The summed E-state index contributed by atoms with van der Waals surface area (Å²) in [5.41, 5.74) is 1.20. The van der Waals surface area contributed by atoms with Gasteiger partial charge in [-0.25, -0.2) is 9.98 Å². The van der Waals surface area contributed by atoms with Crippen LogP contribution >= 0.6 is 0 Å². The maximum Gasteiger partial charge on any atom is 0.154 e. The van der Waals surface area contributed by atoms with Gasteiger partial charge in [0.15, 0.2) is 5.82 Å². The Morgan fingerprint density at radius 1 is 1.64 bits per heavy atom. The molecular formula is C9H12N2. The largest absolute Gasteiger partial charge is 0.242 e. The Morgan fingerprint density at radius 2 is 2.45 bits per heavy atom. The first kappa shape index (κ1) is 7.92. The molecule has 0 amide bonds. The van der Waals surface area contributed by atoms with Crippen molar-refractivity contribution in [2.45, 2.75) is 20.3 Å². The van der Waals surface area contributed by atoms with Crippen LogP contribution in [0, 0.1) is 0 Å². The Balaban J connectivity index is 3.02. The summed E-state index contributed by atoms with van der Waals surface area (Å²) in [7, 11) is 0. The molecule has 0 aromatic carbocycles. The first-order valence-electron chi connectivity index (χ1n) is 3.81. The average Bonchev–Trinajstić information content (AvgIpc) is 2.06. The third-order valence-electron chi connectivity index (χ3n) is 1.50. The van der Waals surface area contributed by atoms with Crippen LogP contribution in [0.4, 0.5) is 5.82 Å². The lowest BCUT2D eigenvalue weighted by Crippen LogP contribution is -1.83. The van der Waals surface area contributed by atoms with Crippen molar-refractivity contribution >= 4 is 12.0 Å². The highest BCUT2D eigenvalue weighted by Crippen LogP contribution is 2.14. The number of nitrogens with zero attached hydrogens (tertiary/aromatic N) is 2. The van der Waals surface area contributed by atoms with E-state index in [1.165, 1.54) is 5.56 Å². The summed E-state index contributed by atoms with van der Waals surface area (Å²) in [4.78, 5) is 8.28. The maximum atomic E-state index is 4.14. The molecule has 0 aliphatic heterocycles. The van der Waals surface area contributed by atoms with Gasteiger partial charge < -0.3 is 0 Å². The molecular weight excluding hydrogens is 136 g/mol. The van der Waals surface area contributed by atoms with E-state index in [0.29, 0.717) is 0 Å². The third-order valence-corrected chi connectivity index (χ3v) is 1.50. The number of hydrogen-bond donors (Lipinski definition) is 0. The standard InChI is InChI=1S/C9H12N2/c1-3-8-6-5-7-11-9(8)10-4-2/h4-7H,3H2,1-2H3. The van der Waals surface area contributed by atoms with Gasteiger partial charge in [-0.15, -0.1) is 0 Å². The smallest absolute Gasteiger partial charge is 0.154 e. The van der Waals surface area contributed by atoms with Crippen LogP contribution in [0.2, 0.25) is 0 Å². The highest BCUT2D eigenvalue weighted by molar-refractivity contribution is 5.59. The number of rotatable bonds is 2. The van der Waals surface area contributed by atoms with Gasteiger partial charge in [0.25, 0.3) is 0 Å². The topological polar surface area (TPSA) is 25.2 Å². The SMILES string of the molecule is CC=Nc1ncccc1CC. The van der Waals surface area contributed by atoms with E-state index in [-0.39, 0.29) is 0 Å². The average molecular weight is 148 g/mol. The normalized spacial score (nSPS) is 10.7. The molecule has 1 heterocycles. The molecule has 11 heavy (non-hydrogen) atoms. The summed E-state index contributed by atoms with van der Waals surface area (Å²) in [5, 5.41) is 0. The van der Waals surface area contributed by atoms with Crippen molar-refractivity contribution < 1.29 is 0 Å². The van der Waals surface area contributed by atoms with Gasteiger partial charge >= 0.3 is 0 Å². The fourth-order valence-electron chi connectivity index (χ4n) is 0.945. The molecule has 2 nitrogen and oxygen atoms in total. The van der Waals surface area contributed by atoms with Crippen LogP contribution in [0.25, 0.3) is 0 Å². The maximum absolute atomic E-state index is 4.14. The number of aromatic nitrogens is 1. The lowest BCUT2D eigenvalue weighted by atomic mass is 10.2. The fourth-order valence-corrected chi connectivity index (χ4v) is 0.945. The summed E-state index contributed by atoms with van der Waals surface area (Å²) >= 11 is 0. The second-order valence-corrected chi connectivity index (χ2v) is 2.23. The minimum atomic E-state index is 0.845. The van der Waals surface area contributed by atoms with Crippen molar-refractivity contribution in [1.82, 2.24) is 4.98 Å². The van der Waals surface area contributed by atoms with Gasteiger partial charge in [0, 0.05) is 12.4 Å². The lowest BCUT2D eigenvalue weighted by Gasteiger charge is -1.98. The van der Waals surface area contributed by atoms with Crippen LogP contribution in [0.15, 0.2) is 23.3 Å². The van der Waals surface area contributed by atoms with Crippen molar-refractivity contribution in [2.75, 3.05) is 0 Å². The summed E-state index contributed by atoms with van der Waals surface area (Å²) in [6, 6.07) is 3.99. The second kappa shape index (κ2) is 3.86. The molecule has 0 aliphatic rings. The van der Waals surface area contributed by atoms with E-state index in [9.17, 15) is 0 Å². The first-order valence-corrected chi connectivity index (χ1v) is 3.81. The van der Waals surface area contributed by atoms with E-state index < -0.39 is 0 Å². The van der Waals surface area contributed by atoms with E-state index in [0.717, 1.165) is 12.2 Å². The zero-order valence-corrected chi connectivity index (χ0v) is 6.91. The molecule has 0 radical (unpaired) electrons. The number of aryl methyl sites for hydroxylation is 1. The molecule has 58 valence electrons. The summed E-state index contributed by atoms with van der Waals surface area (Å²) in [6.45, 7) is 4.00. The highest BCUT2D eigenvalue weighted by Gasteiger charge is 1.95.